The number of hydrogen-bond acceptors (Lipinski definition) is 5. The zero-order valence-corrected chi connectivity index (χ0v) is 10.9. The molecular weight excluding hydrogens is 230 g/mol. The van der Waals surface area contributed by atoms with Crippen LogP contribution in [0.15, 0.2) is 0 Å². The third kappa shape index (κ3) is 6.68. The maximum absolute atomic E-state index is 9.51. The van der Waals surface area contributed by atoms with Gasteiger partial charge < -0.3 is 15.2 Å². The molecule has 1 aliphatic heterocycles. The lowest BCUT2D eigenvalue weighted by Gasteiger charge is -2.22. The molecule has 2 unspecified atom stereocenters. The third-order valence-corrected chi connectivity index (χ3v) is 5.00. The van der Waals surface area contributed by atoms with Gasteiger partial charge in [-0.2, -0.15) is 23.5 Å². The summed E-state index contributed by atoms with van der Waals surface area (Å²) < 4.78 is 5.14. The van der Waals surface area contributed by atoms with Crippen molar-refractivity contribution >= 4 is 23.5 Å². The Bertz CT molecular complexity index is 154. The van der Waals surface area contributed by atoms with E-state index in [9.17, 15) is 5.11 Å². The van der Waals surface area contributed by atoms with Gasteiger partial charge in [0.05, 0.1) is 12.7 Å². The van der Waals surface area contributed by atoms with Crippen LogP contribution in [0.3, 0.4) is 0 Å². The minimum absolute atomic E-state index is 0.369. The summed E-state index contributed by atoms with van der Waals surface area (Å²) in [7, 11) is 0. The second-order valence-electron chi connectivity index (χ2n) is 3.54. The van der Waals surface area contributed by atoms with Crippen molar-refractivity contribution in [1.82, 2.24) is 5.32 Å². The lowest BCUT2D eigenvalue weighted by Crippen LogP contribution is -2.36. The first-order valence-corrected chi connectivity index (χ1v) is 7.69. The van der Waals surface area contributed by atoms with E-state index < -0.39 is 0 Å². The molecule has 3 nitrogen and oxygen atoms in total. The fourth-order valence-corrected chi connectivity index (χ4v) is 4.02. The van der Waals surface area contributed by atoms with Gasteiger partial charge in [-0.05, 0) is 6.92 Å². The minimum Gasteiger partial charge on any atom is -0.389 e. The molecule has 90 valence electrons. The van der Waals surface area contributed by atoms with Crippen LogP contribution in [-0.4, -0.2) is 60.0 Å². The maximum Gasteiger partial charge on any atom is 0.0897 e. The standard InChI is InChI=1S/C10H21NO2S2/c1-2-13-7-9(12)5-11-6-10-8-14-3-4-15-10/h9-12H,2-8H2,1H3. The summed E-state index contributed by atoms with van der Waals surface area (Å²) in [6, 6.07) is 0. The van der Waals surface area contributed by atoms with Crippen molar-refractivity contribution in [3.05, 3.63) is 0 Å². The molecule has 1 saturated heterocycles. The summed E-state index contributed by atoms with van der Waals surface area (Å²) in [5.74, 6) is 3.78. The van der Waals surface area contributed by atoms with Crippen LogP contribution in [0.1, 0.15) is 6.92 Å². The van der Waals surface area contributed by atoms with Gasteiger partial charge in [0.2, 0.25) is 0 Å². The number of thioether (sulfide) groups is 2. The van der Waals surface area contributed by atoms with Gasteiger partial charge in [-0.3, -0.25) is 0 Å². The minimum atomic E-state index is -0.369. The summed E-state index contributed by atoms with van der Waals surface area (Å²) in [5, 5.41) is 13.5. The fraction of sp³-hybridized carbons (Fsp3) is 1.00. The van der Waals surface area contributed by atoms with E-state index in [1.807, 2.05) is 30.4 Å². The van der Waals surface area contributed by atoms with Crippen molar-refractivity contribution in [1.29, 1.82) is 0 Å². The number of aliphatic hydroxyl groups is 1. The molecule has 0 aromatic carbocycles. The Hall–Kier alpha value is 0.580. The Labute approximate surface area is 101 Å². The summed E-state index contributed by atoms with van der Waals surface area (Å²) in [4.78, 5) is 0. The van der Waals surface area contributed by atoms with E-state index in [0.717, 1.165) is 6.54 Å². The quantitative estimate of drug-likeness (QED) is 0.701. The van der Waals surface area contributed by atoms with Crippen molar-refractivity contribution in [2.75, 3.05) is 43.6 Å². The third-order valence-electron chi connectivity index (χ3n) is 2.15. The van der Waals surface area contributed by atoms with E-state index in [1.165, 1.54) is 17.3 Å². The molecule has 1 rings (SSSR count). The SMILES string of the molecule is CCOCC(O)CNCC1CSCCS1. The molecule has 15 heavy (non-hydrogen) atoms. The molecular formula is C10H21NO2S2. The van der Waals surface area contributed by atoms with Gasteiger partial charge in [0.15, 0.2) is 0 Å². The molecule has 1 fully saturated rings. The van der Waals surface area contributed by atoms with Crippen LogP contribution in [0.5, 0.6) is 0 Å². The molecule has 2 atom stereocenters. The molecule has 0 aliphatic carbocycles. The predicted molar refractivity (Wildman–Crippen MR) is 68.9 cm³/mol. The maximum atomic E-state index is 9.51. The molecule has 0 radical (unpaired) electrons. The van der Waals surface area contributed by atoms with Gasteiger partial charge in [-0.15, -0.1) is 0 Å². The monoisotopic (exact) mass is 251 g/mol. The zero-order chi connectivity index (χ0) is 10.9. The second kappa shape index (κ2) is 8.70. The summed E-state index contributed by atoms with van der Waals surface area (Å²) >= 11 is 4.06. The van der Waals surface area contributed by atoms with Crippen LogP contribution < -0.4 is 5.32 Å². The first-order valence-electron chi connectivity index (χ1n) is 5.48. The highest BCUT2D eigenvalue weighted by Crippen LogP contribution is 2.23. The van der Waals surface area contributed by atoms with Crippen LogP contribution in [0.4, 0.5) is 0 Å². The molecule has 0 aromatic rings. The van der Waals surface area contributed by atoms with Crippen LogP contribution in [0, 0.1) is 0 Å². The van der Waals surface area contributed by atoms with Gasteiger partial charge in [0.25, 0.3) is 0 Å². The molecule has 2 N–H and O–H groups in total. The summed E-state index contributed by atoms with van der Waals surface area (Å²) in [6.07, 6.45) is -0.369. The van der Waals surface area contributed by atoms with Crippen molar-refractivity contribution in [3.63, 3.8) is 0 Å². The van der Waals surface area contributed by atoms with E-state index in [2.05, 4.69) is 5.32 Å². The van der Waals surface area contributed by atoms with Crippen LogP contribution in [0.25, 0.3) is 0 Å². The topological polar surface area (TPSA) is 41.5 Å². The van der Waals surface area contributed by atoms with Gasteiger partial charge in [0, 0.05) is 42.2 Å². The van der Waals surface area contributed by atoms with Crippen molar-refractivity contribution in [2.24, 2.45) is 0 Å². The average Bonchev–Trinajstić information content (AvgIpc) is 2.28. The lowest BCUT2D eigenvalue weighted by molar-refractivity contribution is 0.0430. The molecule has 0 amide bonds. The number of rotatable bonds is 7. The number of ether oxygens (including phenoxy) is 1. The highest BCUT2D eigenvalue weighted by atomic mass is 32.2. The Kier molecular flexibility index (Phi) is 7.91. The predicted octanol–water partition coefficient (Wildman–Crippen LogP) is 0.822. The lowest BCUT2D eigenvalue weighted by atomic mass is 10.3. The Balaban J connectivity index is 1.94. The normalized spacial score (nSPS) is 24.0. The van der Waals surface area contributed by atoms with Crippen LogP contribution in [0.2, 0.25) is 0 Å². The molecule has 1 heterocycles. The first kappa shape index (κ1) is 13.6. The number of nitrogens with one attached hydrogen (secondary N) is 1. The molecule has 1 aliphatic rings. The smallest absolute Gasteiger partial charge is 0.0897 e. The molecule has 0 spiro atoms. The van der Waals surface area contributed by atoms with E-state index >= 15 is 0 Å². The van der Waals surface area contributed by atoms with Gasteiger partial charge in [-0.25, -0.2) is 0 Å². The largest absolute Gasteiger partial charge is 0.389 e. The zero-order valence-electron chi connectivity index (χ0n) is 9.28. The first-order chi connectivity index (χ1) is 7.33. The van der Waals surface area contributed by atoms with Crippen molar-refractivity contribution in [3.8, 4) is 0 Å². The highest BCUT2D eigenvalue weighted by molar-refractivity contribution is 8.06. The summed E-state index contributed by atoms with van der Waals surface area (Å²) in [6.45, 7) is 4.70. The van der Waals surface area contributed by atoms with Crippen LogP contribution in [-0.2, 0) is 4.74 Å². The Morgan fingerprint density at radius 3 is 3.07 bits per heavy atom. The van der Waals surface area contributed by atoms with Crippen molar-refractivity contribution in [2.45, 2.75) is 18.3 Å². The number of hydrogen-bond donors (Lipinski definition) is 2. The average molecular weight is 251 g/mol. The number of aliphatic hydroxyl groups excluding tert-OH is 1. The van der Waals surface area contributed by atoms with E-state index in [4.69, 9.17) is 4.74 Å². The summed E-state index contributed by atoms with van der Waals surface area (Å²) in [5.41, 5.74) is 0. The molecule has 0 aromatic heterocycles. The van der Waals surface area contributed by atoms with E-state index in [-0.39, 0.29) is 6.10 Å². The van der Waals surface area contributed by atoms with Gasteiger partial charge >= 0.3 is 0 Å². The fourth-order valence-electron chi connectivity index (χ4n) is 1.38. The van der Waals surface area contributed by atoms with E-state index in [1.54, 1.807) is 0 Å². The molecule has 0 bridgehead atoms. The van der Waals surface area contributed by atoms with Gasteiger partial charge in [0.1, 0.15) is 0 Å². The molecule has 0 saturated carbocycles. The van der Waals surface area contributed by atoms with Crippen molar-refractivity contribution < 1.29 is 9.84 Å². The Morgan fingerprint density at radius 2 is 2.40 bits per heavy atom. The Morgan fingerprint density at radius 1 is 1.53 bits per heavy atom. The van der Waals surface area contributed by atoms with E-state index in [0.29, 0.717) is 25.0 Å². The molecule has 5 heteroatoms. The second-order valence-corrected chi connectivity index (χ2v) is 6.10. The highest BCUT2D eigenvalue weighted by Gasteiger charge is 2.14. The van der Waals surface area contributed by atoms with Crippen LogP contribution >= 0.6 is 23.5 Å². The van der Waals surface area contributed by atoms with Gasteiger partial charge in [-0.1, -0.05) is 0 Å².